The molecule has 1 saturated heterocycles. The summed E-state index contributed by atoms with van der Waals surface area (Å²) in [4.78, 5) is 25.2. The van der Waals surface area contributed by atoms with Crippen molar-refractivity contribution in [1.29, 1.82) is 0 Å². The summed E-state index contributed by atoms with van der Waals surface area (Å²) in [6.45, 7) is 1.38. The van der Waals surface area contributed by atoms with E-state index in [0.717, 1.165) is 18.4 Å². The number of nitrogens with zero attached hydrogens (tertiary/aromatic N) is 5. The van der Waals surface area contributed by atoms with Crippen molar-refractivity contribution < 1.29 is 17.9 Å². The Hall–Kier alpha value is -3.86. The molecule has 1 unspecified atom stereocenters. The van der Waals surface area contributed by atoms with E-state index in [1.165, 1.54) is 22.8 Å². The van der Waals surface area contributed by atoms with Gasteiger partial charge in [-0.3, -0.25) is 13.9 Å². The van der Waals surface area contributed by atoms with Gasteiger partial charge in [-0.15, -0.1) is 13.2 Å². The summed E-state index contributed by atoms with van der Waals surface area (Å²) in [7, 11) is 1.68. The van der Waals surface area contributed by atoms with Crippen LogP contribution in [-0.2, 0) is 26.4 Å². The number of rotatable bonds is 7. The number of nitrogens with two attached hydrogens (primary N) is 1. The second-order valence-electron chi connectivity index (χ2n) is 9.59. The number of halogens is 3. The fourth-order valence-corrected chi connectivity index (χ4v) is 4.92. The van der Waals surface area contributed by atoms with Gasteiger partial charge < -0.3 is 15.4 Å². The number of fused-ring (bicyclic) bond motifs is 1. The van der Waals surface area contributed by atoms with Crippen molar-refractivity contribution in [2.45, 2.75) is 44.6 Å². The Kier molecular flexibility index (Phi) is 7.11. The lowest BCUT2D eigenvalue weighted by Gasteiger charge is -2.31. The molecule has 2 N–H and O–H groups in total. The highest BCUT2D eigenvalue weighted by molar-refractivity contribution is 5.74. The van der Waals surface area contributed by atoms with Gasteiger partial charge in [-0.2, -0.15) is 4.98 Å². The molecular weight excluding hydrogens is 497 g/mol. The first kappa shape index (κ1) is 25.8. The minimum Gasteiger partial charge on any atom is -0.406 e. The topological polar surface area (TPSA) is 91.2 Å². The number of hydrogen-bond donors (Lipinski definition) is 1. The summed E-state index contributed by atoms with van der Waals surface area (Å²) in [6, 6.07) is 15.6. The van der Waals surface area contributed by atoms with Gasteiger partial charge in [-0.25, -0.2) is 4.98 Å². The number of hydrogen-bond acceptors (Lipinski definition) is 6. The molecule has 2 aromatic carbocycles. The first-order valence-electron chi connectivity index (χ1n) is 12.5. The predicted molar refractivity (Wildman–Crippen MR) is 138 cm³/mol. The average molecular weight is 527 g/mol. The normalized spacial score (nSPS) is 16.2. The highest BCUT2D eigenvalue weighted by atomic mass is 19.4. The van der Waals surface area contributed by atoms with Crippen molar-refractivity contribution in [3.05, 3.63) is 81.9 Å². The largest absolute Gasteiger partial charge is 0.573 e. The SMILES string of the molecule is Cn1c(CCc2ccccc2)nc2nc(N3CCCC(N)C3)n(Cc3cccc(OC(F)(F)F)c3)c2c1=O. The molecular formula is C27H29F3N6O2. The van der Waals surface area contributed by atoms with Crippen LogP contribution in [0.3, 0.4) is 0 Å². The van der Waals surface area contributed by atoms with Crippen molar-refractivity contribution in [2.75, 3.05) is 18.0 Å². The second kappa shape index (κ2) is 10.5. The van der Waals surface area contributed by atoms with Gasteiger partial charge in [0.05, 0.1) is 6.54 Å². The molecule has 1 fully saturated rings. The second-order valence-corrected chi connectivity index (χ2v) is 9.59. The van der Waals surface area contributed by atoms with Crippen LogP contribution in [0.4, 0.5) is 19.1 Å². The molecule has 1 atom stereocenters. The molecule has 5 rings (SSSR count). The van der Waals surface area contributed by atoms with E-state index in [1.54, 1.807) is 17.7 Å². The number of anilines is 1. The van der Waals surface area contributed by atoms with Crippen molar-refractivity contribution in [3.8, 4) is 5.75 Å². The lowest BCUT2D eigenvalue weighted by atomic mass is 10.1. The smallest absolute Gasteiger partial charge is 0.406 e. The zero-order valence-corrected chi connectivity index (χ0v) is 21.0. The number of piperidine rings is 1. The van der Waals surface area contributed by atoms with Crippen molar-refractivity contribution in [2.24, 2.45) is 12.8 Å². The molecule has 3 heterocycles. The zero-order valence-electron chi connectivity index (χ0n) is 21.0. The highest BCUT2D eigenvalue weighted by Gasteiger charge is 2.31. The monoisotopic (exact) mass is 526 g/mol. The molecule has 1 aliphatic heterocycles. The van der Waals surface area contributed by atoms with Gasteiger partial charge in [0.15, 0.2) is 11.2 Å². The van der Waals surface area contributed by atoms with Gasteiger partial charge in [-0.05, 0) is 42.5 Å². The maximum atomic E-state index is 13.6. The summed E-state index contributed by atoms with van der Waals surface area (Å²) in [5.74, 6) is 0.816. The van der Waals surface area contributed by atoms with Crippen LogP contribution in [0.5, 0.6) is 5.75 Å². The fourth-order valence-electron chi connectivity index (χ4n) is 4.92. The van der Waals surface area contributed by atoms with Crippen LogP contribution in [0, 0.1) is 0 Å². The van der Waals surface area contributed by atoms with E-state index in [0.29, 0.717) is 54.4 Å². The Bertz CT molecular complexity index is 1480. The maximum absolute atomic E-state index is 13.6. The number of aromatic nitrogens is 4. The molecule has 0 saturated carbocycles. The Labute approximate surface area is 217 Å². The lowest BCUT2D eigenvalue weighted by Crippen LogP contribution is -2.44. The Morgan fingerprint density at radius 2 is 1.82 bits per heavy atom. The van der Waals surface area contributed by atoms with Crippen molar-refractivity contribution >= 4 is 17.1 Å². The molecule has 1 aliphatic rings. The summed E-state index contributed by atoms with van der Waals surface area (Å²) in [6.07, 6.45) is -1.78. The molecule has 11 heteroatoms. The summed E-state index contributed by atoms with van der Waals surface area (Å²) >= 11 is 0. The fraction of sp³-hybridized carbons (Fsp3) is 0.370. The molecule has 0 amide bonds. The molecule has 0 spiro atoms. The van der Waals surface area contributed by atoms with Crippen molar-refractivity contribution in [3.63, 3.8) is 0 Å². The third-order valence-electron chi connectivity index (χ3n) is 6.75. The first-order chi connectivity index (χ1) is 18.2. The Morgan fingerprint density at radius 3 is 2.55 bits per heavy atom. The lowest BCUT2D eigenvalue weighted by molar-refractivity contribution is -0.274. The van der Waals surface area contributed by atoms with Crippen LogP contribution in [0.1, 0.15) is 29.8 Å². The predicted octanol–water partition coefficient (Wildman–Crippen LogP) is 3.79. The van der Waals surface area contributed by atoms with Gasteiger partial charge in [0, 0.05) is 32.6 Å². The number of alkyl halides is 3. The Balaban J connectivity index is 1.56. The van der Waals surface area contributed by atoms with Crippen LogP contribution >= 0.6 is 0 Å². The van der Waals surface area contributed by atoms with Gasteiger partial charge >= 0.3 is 6.36 Å². The summed E-state index contributed by atoms with van der Waals surface area (Å²) < 4.78 is 45.8. The van der Waals surface area contributed by atoms with E-state index in [9.17, 15) is 18.0 Å². The van der Waals surface area contributed by atoms with E-state index >= 15 is 0 Å². The van der Waals surface area contributed by atoms with Crippen LogP contribution < -0.4 is 20.9 Å². The van der Waals surface area contributed by atoms with Crippen LogP contribution in [0.25, 0.3) is 11.2 Å². The van der Waals surface area contributed by atoms with E-state index in [2.05, 4.69) is 4.74 Å². The van der Waals surface area contributed by atoms with Gasteiger partial charge in [0.1, 0.15) is 11.6 Å². The van der Waals surface area contributed by atoms with Crippen LogP contribution in [0.2, 0.25) is 0 Å². The molecule has 38 heavy (non-hydrogen) atoms. The van der Waals surface area contributed by atoms with E-state index in [4.69, 9.17) is 15.7 Å². The number of imidazole rings is 1. The standard InChI is InChI=1S/C27H29F3N6O2/c1-34-22(13-12-18-7-3-2-4-8-18)32-24-23(25(34)37)36(26(33-24)35-14-6-10-20(31)17-35)16-19-9-5-11-21(15-19)38-27(28,29)30/h2-5,7-9,11,15,20H,6,10,12-14,16-17,31H2,1H3. The van der Waals surface area contributed by atoms with Crippen molar-refractivity contribution in [1.82, 2.24) is 19.1 Å². The van der Waals surface area contributed by atoms with E-state index in [-0.39, 0.29) is 23.9 Å². The number of ether oxygens (including phenoxy) is 1. The van der Waals surface area contributed by atoms with Crippen LogP contribution in [0.15, 0.2) is 59.4 Å². The molecule has 8 nitrogen and oxygen atoms in total. The molecule has 0 radical (unpaired) electrons. The molecule has 2 aromatic heterocycles. The van der Waals surface area contributed by atoms with E-state index in [1.807, 2.05) is 35.2 Å². The molecule has 0 bridgehead atoms. The summed E-state index contributed by atoms with van der Waals surface area (Å²) in [5, 5.41) is 0. The average Bonchev–Trinajstić information content (AvgIpc) is 3.23. The third-order valence-corrected chi connectivity index (χ3v) is 6.75. The highest BCUT2D eigenvalue weighted by Crippen LogP contribution is 2.27. The third kappa shape index (κ3) is 5.67. The molecule has 200 valence electrons. The molecule has 4 aromatic rings. The van der Waals surface area contributed by atoms with Crippen LogP contribution in [-0.4, -0.2) is 44.6 Å². The molecule has 0 aliphatic carbocycles. The summed E-state index contributed by atoms with van der Waals surface area (Å²) in [5.41, 5.74) is 8.24. The number of aryl methyl sites for hydroxylation is 2. The van der Waals surface area contributed by atoms with Gasteiger partial charge in [0.25, 0.3) is 5.56 Å². The minimum absolute atomic E-state index is 0.0437. The first-order valence-corrected chi connectivity index (χ1v) is 12.5. The van der Waals surface area contributed by atoms with E-state index < -0.39 is 6.36 Å². The quantitative estimate of drug-likeness (QED) is 0.394. The minimum atomic E-state index is -4.80. The zero-order chi connectivity index (χ0) is 26.9. The van der Waals surface area contributed by atoms with Gasteiger partial charge in [0.2, 0.25) is 5.95 Å². The Morgan fingerprint density at radius 1 is 1.05 bits per heavy atom. The van der Waals surface area contributed by atoms with Gasteiger partial charge in [-0.1, -0.05) is 42.5 Å². The number of benzene rings is 2. The maximum Gasteiger partial charge on any atom is 0.573 e.